The molecule has 1 saturated heterocycles. The maximum Gasteiger partial charge on any atom is 0.291 e. The van der Waals surface area contributed by atoms with E-state index in [0.29, 0.717) is 43.1 Å². The van der Waals surface area contributed by atoms with Gasteiger partial charge >= 0.3 is 0 Å². The van der Waals surface area contributed by atoms with Gasteiger partial charge in [-0.1, -0.05) is 19.0 Å². The molecule has 1 aliphatic heterocycles. The molecular formula is C16H20N4O4. The van der Waals surface area contributed by atoms with Crippen LogP contribution >= 0.6 is 0 Å². The molecule has 0 N–H and O–H groups in total. The first kappa shape index (κ1) is 15.3. The van der Waals surface area contributed by atoms with E-state index in [0.717, 1.165) is 18.5 Å². The van der Waals surface area contributed by atoms with Crippen molar-refractivity contribution >= 4 is 5.91 Å². The van der Waals surface area contributed by atoms with E-state index in [1.165, 1.54) is 6.39 Å². The van der Waals surface area contributed by atoms with E-state index in [1.54, 1.807) is 4.90 Å². The number of hydrogen-bond acceptors (Lipinski definition) is 7. The molecule has 2 aromatic rings. The lowest BCUT2D eigenvalue weighted by Crippen LogP contribution is -2.42. The smallest absolute Gasteiger partial charge is 0.291 e. The Morgan fingerprint density at radius 1 is 1.38 bits per heavy atom. The Kier molecular flexibility index (Phi) is 3.84. The minimum atomic E-state index is -0.383. The second kappa shape index (κ2) is 6.01. The lowest BCUT2D eigenvalue weighted by Gasteiger charge is -2.30. The Morgan fingerprint density at radius 2 is 2.21 bits per heavy atom. The summed E-state index contributed by atoms with van der Waals surface area (Å²) in [7, 11) is 0. The monoisotopic (exact) mass is 332 g/mol. The molecule has 1 unspecified atom stereocenters. The second-order valence-electron chi connectivity index (χ2n) is 6.60. The van der Waals surface area contributed by atoms with Crippen LogP contribution in [-0.4, -0.2) is 45.6 Å². The number of rotatable bonds is 4. The van der Waals surface area contributed by atoms with E-state index >= 15 is 0 Å². The van der Waals surface area contributed by atoms with Crippen molar-refractivity contribution in [3.63, 3.8) is 0 Å². The second-order valence-corrected chi connectivity index (χ2v) is 6.60. The molecule has 1 saturated carbocycles. The SMILES string of the molecule is CC(C)c1nc(C2CN(C(=O)c3ocnc3C3CC3)CCO2)no1. The van der Waals surface area contributed by atoms with Gasteiger partial charge in [-0.2, -0.15) is 4.98 Å². The Morgan fingerprint density at radius 3 is 2.92 bits per heavy atom. The van der Waals surface area contributed by atoms with Crippen LogP contribution in [-0.2, 0) is 4.74 Å². The number of ether oxygens (including phenoxy) is 1. The molecule has 0 bridgehead atoms. The summed E-state index contributed by atoms with van der Waals surface area (Å²) in [4.78, 5) is 23.1. The molecule has 2 fully saturated rings. The highest BCUT2D eigenvalue weighted by atomic mass is 16.5. The van der Waals surface area contributed by atoms with Crippen LogP contribution in [0.25, 0.3) is 0 Å². The average molecular weight is 332 g/mol. The van der Waals surface area contributed by atoms with Crippen LogP contribution in [0.2, 0.25) is 0 Å². The van der Waals surface area contributed by atoms with E-state index in [1.807, 2.05) is 13.8 Å². The van der Waals surface area contributed by atoms with Crippen molar-refractivity contribution in [1.29, 1.82) is 0 Å². The molecule has 1 aliphatic carbocycles. The van der Waals surface area contributed by atoms with Gasteiger partial charge in [0.05, 0.1) is 18.8 Å². The van der Waals surface area contributed by atoms with Crippen LogP contribution in [0.1, 0.15) is 72.6 Å². The minimum Gasteiger partial charge on any atom is -0.438 e. The first-order valence-corrected chi connectivity index (χ1v) is 8.31. The van der Waals surface area contributed by atoms with Crippen LogP contribution in [0.3, 0.4) is 0 Å². The van der Waals surface area contributed by atoms with Gasteiger partial charge in [-0.3, -0.25) is 4.79 Å². The van der Waals surface area contributed by atoms with Gasteiger partial charge in [-0.05, 0) is 12.8 Å². The molecule has 1 amide bonds. The van der Waals surface area contributed by atoms with Crippen molar-refractivity contribution in [2.45, 2.75) is 44.6 Å². The fraction of sp³-hybridized carbons (Fsp3) is 0.625. The highest BCUT2D eigenvalue weighted by molar-refractivity contribution is 5.92. The Labute approximate surface area is 139 Å². The van der Waals surface area contributed by atoms with Crippen molar-refractivity contribution in [1.82, 2.24) is 20.0 Å². The van der Waals surface area contributed by atoms with Gasteiger partial charge in [0.2, 0.25) is 17.5 Å². The number of aromatic nitrogens is 3. The summed E-state index contributed by atoms with van der Waals surface area (Å²) in [6.07, 6.45) is 3.11. The standard InChI is InChI=1S/C16H20N4O4/c1-9(2)15-18-14(19-24-15)11-7-20(5-6-22-11)16(21)13-12(10-3-4-10)17-8-23-13/h8-11H,3-7H2,1-2H3. The highest BCUT2D eigenvalue weighted by Gasteiger charge is 2.36. The van der Waals surface area contributed by atoms with E-state index in [4.69, 9.17) is 13.7 Å². The van der Waals surface area contributed by atoms with Gasteiger partial charge in [0.15, 0.2) is 6.39 Å². The first-order valence-electron chi connectivity index (χ1n) is 8.31. The largest absolute Gasteiger partial charge is 0.438 e. The van der Waals surface area contributed by atoms with Crippen LogP contribution < -0.4 is 0 Å². The van der Waals surface area contributed by atoms with E-state index in [2.05, 4.69) is 15.1 Å². The number of hydrogen-bond donors (Lipinski definition) is 0. The molecular weight excluding hydrogens is 312 g/mol. The maximum absolute atomic E-state index is 12.8. The number of amides is 1. The summed E-state index contributed by atoms with van der Waals surface area (Å²) >= 11 is 0. The molecule has 0 aromatic carbocycles. The normalized spacial score (nSPS) is 21.5. The molecule has 8 heteroatoms. The number of oxazole rings is 1. The van der Waals surface area contributed by atoms with Crippen molar-refractivity contribution < 1.29 is 18.5 Å². The quantitative estimate of drug-likeness (QED) is 0.847. The summed E-state index contributed by atoms with van der Waals surface area (Å²) in [6.45, 7) is 5.28. The summed E-state index contributed by atoms with van der Waals surface area (Å²) in [5, 5.41) is 3.99. The molecule has 2 aliphatic rings. The molecule has 2 aromatic heterocycles. The first-order chi connectivity index (χ1) is 11.6. The van der Waals surface area contributed by atoms with Crippen molar-refractivity contribution in [3.05, 3.63) is 29.6 Å². The molecule has 8 nitrogen and oxygen atoms in total. The molecule has 0 spiro atoms. The van der Waals surface area contributed by atoms with Crippen molar-refractivity contribution in [2.75, 3.05) is 19.7 Å². The van der Waals surface area contributed by atoms with E-state index in [9.17, 15) is 4.79 Å². The Hall–Kier alpha value is -2.22. The van der Waals surface area contributed by atoms with E-state index in [-0.39, 0.29) is 17.9 Å². The predicted molar refractivity (Wildman–Crippen MR) is 81.5 cm³/mol. The Balaban J connectivity index is 1.49. The van der Waals surface area contributed by atoms with Crippen LogP contribution in [0.15, 0.2) is 15.3 Å². The van der Waals surface area contributed by atoms with Crippen LogP contribution in [0.5, 0.6) is 0 Å². The highest BCUT2D eigenvalue weighted by Crippen LogP contribution is 2.41. The fourth-order valence-electron chi connectivity index (χ4n) is 2.81. The Bertz CT molecular complexity index is 734. The predicted octanol–water partition coefficient (Wildman–Crippen LogP) is 2.27. The zero-order chi connectivity index (χ0) is 16.7. The number of nitrogens with zero attached hydrogens (tertiary/aromatic N) is 4. The van der Waals surface area contributed by atoms with Gasteiger partial charge in [0.25, 0.3) is 5.91 Å². The van der Waals surface area contributed by atoms with Gasteiger partial charge in [0.1, 0.15) is 6.10 Å². The van der Waals surface area contributed by atoms with E-state index < -0.39 is 0 Å². The van der Waals surface area contributed by atoms with Gasteiger partial charge in [-0.15, -0.1) is 0 Å². The number of morpholine rings is 1. The summed E-state index contributed by atoms with van der Waals surface area (Å²) < 4.78 is 16.3. The third-order valence-corrected chi connectivity index (χ3v) is 4.35. The summed E-state index contributed by atoms with van der Waals surface area (Å²) in [6, 6.07) is 0. The maximum atomic E-state index is 12.8. The van der Waals surface area contributed by atoms with Gasteiger partial charge < -0.3 is 18.6 Å². The van der Waals surface area contributed by atoms with Crippen LogP contribution in [0, 0.1) is 0 Å². The topological polar surface area (TPSA) is 94.5 Å². The van der Waals surface area contributed by atoms with Crippen LogP contribution in [0.4, 0.5) is 0 Å². The number of carbonyl (C=O) groups excluding carboxylic acids is 1. The van der Waals surface area contributed by atoms with Crippen molar-refractivity contribution in [3.8, 4) is 0 Å². The zero-order valence-corrected chi connectivity index (χ0v) is 13.8. The molecule has 24 heavy (non-hydrogen) atoms. The molecule has 3 heterocycles. The zero-order valence-electron chi connectivity index (χ0n) is 13.8. The summed E-state index contributed by atoms with van der Waals surface area (Å²) in [5.74, 6) is 1.79. The third kappa shape index (κ3) is 2.82. The molecule has 128 valence electrons. The minimum absolute atomic E-state index is 0.143. The average Bonchev–Trinajstić information content (AvgIpc) is 3.13. The summed E-state index contributed by atoms with van der Waals surface area (Å²) in [5.41, 5.74) is 0.782. The molecule has 1 atom stereocenters. The number of carbonyl (C=O) groups is 1. The lowest BCUT2D eigenvalue weighted by atomic mass is 10.2. The van der Waals surface area contributed by atoms with Gasteiger partial charge in [0, 0.05) is 18.4 Å². The third-order valence-electron chi connectivity index (χ3n) is 4.35. The fourth-order valence-corrected chi connectivity index (χ4v) is 2.81. The van der Waals surface area contributed by atoms with Gasteiger partial charge in [-0.25, -0.2) is 4.98 Å². The molecule has 0 radical (unpaired) electrons. The molecule has 4 rings (SSSR count). The lowest BCUT2D eigenvalue weighted by molar-refractivity contribution is -0.0285. The van der Waals surface area contributed by atoms with Crippen molar-refractivity contribution in [2.24, 2.45) is 0 Å².